The van der Waals surface area contributed by atoms with E-state index in [1.165, 1.54) is 4.90 Å². The van der Waals surface area contributed by atoms with Crippen LogP contribution in [0, 0.1) is 5.92 Å². The summed E-state index contributed by atoms with van der Waals surface area (Å²) in [5, 5.41) is 0. The highest BCUT2D eigenvalue weighted by Crippen LogP contribution is 2.25. The monoisotopic (exact) mass is 210 g/mol. The summed E-state index contributed by atoms with van der Waals surface area (Å²) in [5.41, 5.74) is 5.47. The lowest BCUT2D eigenvalue weighted by atomic mass is 9.93. The Morgan fingerprint density at radius 1 is 1.36 bits per heavy atom. The first-order chi connectivity index (χ1) is 6.42. The van der Waals surface area contributed by atoms with Crippen LogP contribution in [0.15, 0.2) is 0 Å². The van der Waals surface area contributed by atoms with E-state index < -0.39 is 12.7 Å². The zero-order valence-corrected chi connectivity index (χ0v) is 8.35. The van der Waals surface area contributed by atoms with Crippen LogP contribution in [0.5, 0.6) is 0 Å². The van der Waals surface area contributed by atoms with Crippen LogP contribution in [-0.2, 0) is 0 Å². The summed E-state index contributed by atoms with van der Waals surface area (Å²) >= 11 is 0. The summed E-state index contributed by atoms with van der Waals surface area (Å²) in [6.07, 6.45) is -2.32. The van der Waals surface area contributed by atoms with Crippen LogP contribution in [-0.4, -0.2) is 36.8 Å². The summed E-state index contributed by atoms with van der Waals surface area (Å²) in [6, 6.07) is 0.0272. The molecule has 0 bridgehead atoms. The molecular weight excluding hydrogens is 193 g/mol. The maximum Gasteiger partial charge on any atom is 0.401 e. The SMILES string of the molecule is CC1CCC(CN)CN1CC(F)(F)F. The second-order valence-electron chi connectivity index (χ2n) is 4.07. The minimum atomic E-state index is -4.09. The summed E-state index contributed by atoms with van der Waals surface area (Å²) in [6.45, 7) is 2.02. The molecule has 2 nitrogen and oxygen atoms in total. The van der Waals surface area contributed by atoms with Crippen LogP contribution < -0.4 is 5.73 Å². The fraction of sp³-hybridized carbons (Fsp3) is 1.00. The topological polar surface area (TPSA) is 29.3 Å². The Hall–Kier alpha value is -0.290. The zero-order valence-electron chi connectivity index (χ0n) is 8.35. The molecule has 0 amide bonds. The van der Waals surface area contributed by atoms with Crippen LogP contribution in [0.4, 0.5) is 13.2 Å². The van der Waals surface area contributed by atoms with Crippen LogP contribution in [0.25, 0.3) is 0 Å². The van der Waals surface area contributed by atoms with Gasteiger partial charge in [-0.05, 0) is 32.2 Å². The average Bonchev–Trinajstić information content (AvgIpc) is 2.06. The lowest BCUT2D eigenvalue weighted by Crippen LogP contribution is -2.47. The van der Waals surface area contributed by atoms with Gasteiger partial charge in [0.25, 0.3) is 0 Å². The van der Waals surface area contributed by atoms with Gasteiger partial charge in [0, 0.05) is 12.6 Å². The first-order valence-electron chi connectivity index (χ1n) is 4.93. The lowest BCUT2D eigenvalue weighted by Gasteiger charge is -2.37. The lowest BCUT2D eigenvalue weighted by molar-refractivity contribution is -0.154. The molecule has 1 saturated heterocycles. The molecule has 14 heavy (non-hydrogen) atoms. The molecular formula is C9H17F3N2. The molecule has 2 atom stereocenters. The molecule has 84 valence electrons. The maximum absolute atomic E-state index is 12.2. The molecule has 0 aliphatic carbocycles. The fourth-order valence-corrected chi connectivity index (χ4v) is 1.91. The average molecular weight is 210 g/mol. The fourth-order valence-electron chi connectivity index (χ4n) is 1.91. The second-order valence-corrected chi connectivity index (χ2v) is 4.07. The van der Waals surface area contributed by atoms with Gasteiger partial charge >= 0.3 is 6.18 Å². The van der Waals surface area contributed by atoms with Crippen LogP contribution >= 0.6 is 0 Å². The van der Waals surface area contributed by atoms with Crippen molar-refractivity contribution in [3.05, 3.63) is 0 Å². The predicted molar refractivity (Wildman–Crippen MR) is 48.9 cm³/mol. The highest BCUT2D eigenvalue weighted by Gasteiger charge is 2.35. The van der Waals surface area contributed by atoms with Crippen molar-refractivity contribution in [2.45, 2.75) is 32.0 Å². The molecule has 0 aromatic heterocycles. The van der Waals surface area contributed by atoms with Gasteiger partial charge in [0.2, 0.25) is 0 Å². The molecule has 1 rings (SSSR count). The minimum absolute atomic E-state index is 0.0272. The predicted octanol–water partition coefficient (Wildman–Crippen LogP) is 1.61. The second kappa shape index (κ2) is 4.49. The van der Waals surface area contributed by atoms with E-state index >= 15 is 0 Å². The van der Waals surface area contributed by atoms with Crippen LogP contribution in [0.2, 0.25) is 0 Å². The van der Waals surface area contributed by atoms with Crippen molar-refractivity contribution in [3.8, 4) is 0 Å². The number of rotatable bonds is 2. The first kappa shape index (κ1) is 11.8. The Morgan fingerprint density at radius 2 is 2.00 bits per heavy atom. The Labute approximate surface area is 82.2 Å². The molecule has 5 heteroatoms. The molecule has 2 unspecified atom stereocenters. The summed E-state index contributed by atoms with van der Waals surface area (Å²) in [5.74, 6) is 0.230. The van der Waals surface area contributed by atoms with Gasteiger partial charge in [-0.2, -0.15) is 13.2 Å². The minimum Gasteiger partial charge on any atom is -0.330 e. The Morgan fingerprint density at radius 3 is 2.50 bits per heavy atom. The van der Waals surface area contributed by atoms with E-state index in [4.69, 9.17) is 5.73 Å². The smallest absolute Gasteiger partial charge is 0.330 e. The quantitative estimate of drug-likeness (QED) is 0.750. The van der Waals surface area contributed by atoms with Gasteiger partial charge in [0.05, 0.1) is 6.54 Å². The molecule has 0 spiro atoms. The molecule has 0 radical (unpaired) electrons. The summed E-state index contributed by atoms with van der Waals surface area (Å²) in [7, 11) is 0. The Bertz CT molecular complexity index is 181. The Kier molecular flexibility index (Phi) is 3.78. The third-order valence-electron chi connectivity index (χ3n) is 2.82. The number of nitrogens with two attached hydrogens (primary N) is 1. The van der Waals surface area contributed by atoms with Crippen molar-refractivity contribution in [2.75, 3.05) is 19.6 Å². The highest BCUT2D eigenvalue weighted by atomic mass is 19.4. The number of piperidine rings is 1. The summed E-state index contributed by atoms with van der Waals surface area (Å²) < 4.78 is 36.5. The number of nitrogens with zero attached hydrogens (tertiary/aromatic N) is 1. The number of alkyl halides is 3. The molecule has 1 heterocycles. The van der Waals surface area contributed by atoms with E-state index in [0.29, 0.717) is 13.1 Å². The van der Waals surface area contributed by atoms with Gasteiger partial charge in [-0.3, -0.25) is 4.90 Å². The number of hydrogen-bond acceptors (Lipinski definition) is 2. The van der Waals surface area contributed by atoms with Gasteiger partial charge in [-0.25, -0.2) is 0 Å². The zero-order chi connectivity index (χ0) is 10.8. The highest BCUT2D eigenvalue weighted by molar-refractivity contribution is 4.80. The van der Waals surface area contributed by atoms with Gasteiger partial charge in [0.15, 0.2) is 0 Å². The number of hydrogen-bond donors (Lipinski definition) is 1. The van der Waals surface area contributed by atoms with Crippen molar-refractivity contribution in [2.24, 2.45) is 11.7 Å². The van der Waals surface area contributed by atoms with Crippen molar-refractivity contribution >= 4 is 0 Å². The van der Waals surface area contributed by atoms with Crippen LogP contribution in [0.1, 0.15) is 19.8 Å². The van der Waals surface area contributed by atoms with E-state index in [-0.39, 0.29) is 12.0 Å². The number of likely N-dealkylation sites (tertiary alicyclic amines) is 1. The summed E-state index contributed by atoms with van der Waals surface area (Å²) in [4.78, 5) is 1.49. The molecule has 2 N–H and O–H groups in total. The van der Waals surface area contributed by atoms with E-state index in [0.717, 1.165) is 12.8 Å². The van der Waals surface area contributed by atoms with Gasteiger partial charge in [0.1, 0.15) is 0 Å². The normalized spacial score (nSPS) is 30.6. The van der Waals surface area contributed by atoms with Crippen molar-refractivity contribution in [1.82, 2.24) is 4.90 Å². The molecule has 1 aliphatic heterocycles. The first-order valence-corrected chi connectivity index (χ1v) is 4.93. The molecule has 0 aromatic rings. The van der Waals surface area contributed by atoms with Crippen LogP contribution in [0.3, 0.4) is 0 Å². The molecule has 0 aromatic carbocycles. The maximum atomic E-state index is 12.2. The van der Waals surface area contributed by atoms with Gasteiger partial charge in [-0.15, -0.1) is 0 Å². The van der Waals surface area contributed by atoms with E-state index in [9.17, 15) is 13.2 Å². The third kappa shape index (κ3) is 3.46. The van der Waals surface area contributed by atoms with E-state index in [2.05, 4.69) is 0 Å². The van der Waals surface area contributed by atoms with Gasteiger partial charge in [-0.1, -0.05) is 0 Å². The Balaban J connectivity index is 2.48. The van der Waals surface area contributed by atoms with Crippen molar-refractivity contribution in [3.63, 3.8) is 0 Å². The van der Waals surface area contributed by atoms with E-state index in [1.807, 2.05) is 6.92 Å². The molecule has 1 fully saturated rings. The van der Waals surface area contributed by atoms with Gasteiger partial charge < -0.3 is 5.73 Å². The van der Waals surface area contributed by atoms with Crippen molar-refractivity contribution < 1.29 is 13.2 Å². The number of halogens is 3. The molecule has 0 saturated carbocycles. The standard InChI is InChI=1S/C9H17F3N2/c1-7-2-3-8(4-13)5-14(7)6-9(10,11)12/h7-8H,2-6,13H2,1H3. The third-order valence-corrected chi connectivity index (χ3v) is 2.82. The largest absolute Gasteiger partial charge is 0.401 e. The molecule has 1 aliphatic rings. The van der Waals surface area contributed by atoms with Crippen molar-refractivity contribution in [1.29, 1.82) is 0 Å². The van der Waals surface area contributed by atoms with E-state index in [1.54, 1.807) is 0 Å².